The third kappa shape index (κ3) is 8.07. The van der Waals surface area contributed by atoms with Gasteiger partial charge in [-0.05, 0) is 36.5 Å². The molecule has 1 aromatic carbocycles. The molecule has 0 aliphatic rings. The molecular weight excluding hydrogens is 334 g/mol. The van der Waals surface area contributed by atoms with Crippen LogP contribution in [0.2, 0.25) is 0 Å². The monoisotopic (exact) mass is 357 g/mol. The fourth-order valence-corrected chi connectivity index (χ4v) is 2.27. The average molecular weight is 358 g/mol. The van der Waals surface area contributed by atoms with Crippen LogP contribution in [0.25, 0.3) is 0 Å². The normalized spacial score (nSPS) is 11.2. The number of aliphatic hydroxyl groups excluding tert-OH is 1. The molecule has 0 aromatic heterocycles. The number of ether oxygens (including phenoxy) is 1. The summed E-state index contributed by atoms with van der Waals surface area (Å²) in [7, 11) is 0. The van der Waals surface area contributed by atoms with Gasteiger partial charge in [0.15, 0.2) is 0 Å². The Morgan fingerprint density at radius 3 is 2.86 bits per heavy atom. The lowest BCUT2D eigenvalue weighted by Crippen LogP contribution is -2.34. The number of benzene rings is 1. The van der Waals surface area contributed by atoms with E-state index in [1.54, 1.807) is 0 Å². The molecule has 5 heteroatoms. The first-order valence-electron chi connectivity index (χ1n) is 7.19. The fraction of sp³-hybridized carbons (Fsp3) is 0.562. The number of rotatable bonds is 9. The van der Waals surface area contributed by atoms with Crippen LogP contribution in [0.3, 0.4) is 0 Å². The van der Waals surface area contributed by atoms with Crippen LogP contribution >= 0.6 is 15.9 Å². The predicted octanol–water partition coefficient (Wildman–Crippen LogP) is 3.13. The van der Waals surface area contributed by atoms with Gasteiger partial charge >= 0.3 is 0 Å². The largest absolute Gasteiger partial charge is 0.493 e. The molecule has 0 aliphatic heterocycles. The molecule has 0 unspecified atom stereocenters. The summed E-state index contributed by atoms with van der Waals surface area (Å²) in [5, 5.41) is 11.8. The van der Waals surface area contributed by atoms with E-state index in [0.717, 1.165) is 23.1 Å². The third-order valence-corrected chi connectivity index (χ3v) is 3.66. The van der Waals surface area contributed by atoms with E-state index in [2.05, 4.69) is 35.1 Å². The average Bonchev–Trinajstić information content (AvgIpc) is 2.43. The number of aliphatic hydroxyl groups is 1. The van der Waals surface area contributed by atoms with E-state index in [1.807, 2.05) is 24.3 Å². The summed E-state index contributed by atoms with van der Waals surface area (Å²) in [5.41, 5.74) is 0.00351. The number of carbonyl (C=O) groups is 1. The van der Waals surface area contributed by atoms with Crippen LogP contribution in [-0.2, 0) is 4.79 Å². The fourth-order valence-electron chi connectivity index (χ4n) is 1.89. The van der Waals surface area contributed by atoms with Crippen LogP contribution in [-0.4, -0.2) is 30.8 Å². The van der Waals surface area contributed by atoms with Gasteiger partial charge < -0.3 is 15.2 Å². The molecule has 1 amide bonds. The Bertz CT molecular complexity index is 449. The van der Waals surface area contributed by atoms with Gasteiger partial charge in [-0.15, -0.1) is 0 Å². The van der Waals surface area contributed by atoms with Crippen molar-refractivity contribution in [3.63, 3.8) is 0 Å². The third-order valence-electron chi connectivity index (χ3n) is 3.17. The van der Waals surface area contributed by atoms with Gasteiger partial charge in [0.1, 0.15) is 5.75 Å². The molecule has 4 nitrogen and oxygen atoms in total. The first-order chi connectivity index (χ1) is 9.93. The summed E-state index contributed by atoms with van der Waals surface area (Å²) in [6, 6.07) is 7.55. The number of amides is 1. The van der Waals surface area contributed by atoms with Gasteiger partial charge in [0.05, 0.1) is 13.0 Å². The molecule has 0 atom stereocenters. The maximum absolute atomic E-state index is 11.8. The molecule has 0 saturated heterocycles. The number of hydrogen-bond donors (Lipinski definition) is 2. The smallest absolute Gasteiger partial charge is 0.223 e. The summed E-state index contributed by atoms with van der Waals surface area (Å²) in [6.07, 6.45) is 1.98. The minimum atomic E-state index is -0.0120. The molecule has 118 valence electrons. The molecule has 1 rings (SSSR count). The van der Waals surface area contributed by atoms with Gasteiger partial charge in [0.2, 0.25) is 5.91 Å². The molecule has 0 bridgehead atoms. The van der Waals surface area contributed by atoms with Crippen molar-refractivity contribution in [1.82, 2.24) is 5.32 Å². The van der Waals surface area contributed by atoms with Gasteiger partial charge in [-0.2, -0.15) is 0 Å². The van der Waals surface area contributed by atoms with E-state index in [9.17, 15) is 4.79 Å². The minimum Gasteiger partial charge on any atom is -0.493 e. The highest BCUT2D eigenvalue weighted by Gasteiger charge is 2.18. The highest BCUT2D eigenvalue weighted by molar-refractivity contribution is 9.10. The Morgan fingerprint density at radius 1 is 1.43 bits per heavy atom. The van der Waals surface area contributed by atoms with Crippen LogP contribution in [0, 0.1) is 5.41 Å². The Hall–Kier alpha value is -1.07. The number of hydrogen-bond acceptors (Lipinski definition) is 3. The van der Waals surface area contributed by atoms with Crippen molar-refractivity contribution >= 4 is 21.8 Å². The van der Waals surface area contributed by atoms with Gasteiger partial charge in [0.25, 0.3) is 0 Å². The molecule has 2 N–H and O–H groups in total. The van der Waals surface area contributed by atoms with Crippen LogP contribution in [0.15, 0.2) is 28.7 Å². The topological polar surface area (TPSA) is 58.6 Å². The van der Waals surface area contributed by atoms with E-state index >= 15 is 0 Å². The summed E-state index contributed by atoms with van der Waals surface area (Å²) in [4.78, 5) is 11.8. The van der Waals surface area contributed by atoms with E-state index in [-0.39, 0.29) is 17.9 Å². The lowest BCUT2D eigenvalue weighted by molar-refractivity contribution is -0.122. The van der Waals surface area contributed by atoms with Crippen molar-refractivity contribution in [2.75, 3.05) is 19.8 Å². The van der Waals surface area contributed by atoms with Crippen molar-refractivity contribution in [1.29, 1.82) is 0 Å². The highest BCUT2D eigenvalue weighted by Crippen LogP contribution is 2.21. The molecule has 0 spiro atoms. The van der Waals surface area contributed by atoms with Crippen molar-refractivity contribution < 1.29 is 14.6 Å². The summed E-state index contributed by atoms with van der Waals surface area (Å²) in [5.74, 6) is 0.738. The van der Waals surface area contributed by atoms with Gasteiger partial charge in [-0.3, -0.25) is 4.79 Å². The van der Waals surface area contributed by atoms with Crippen LogP contribution in [0.5, 0.6) is 5.75 Å². The zero-order chi connectivity index (χ0) is 15.7. The van der Waals surface area contributed by atoms with Gasteiger partial charge in [0, 0.05) is 17.6 Å². The molecule has 0 aliphatic carbocycles. The summed E-state index contributed by atoms with van der Waals surface area (Å²) in [6.45, 7) is 5.34. The molecule has 1 aromatic rings. The molecule has 0 fully saturated rings. The summed E-state index contributed by atoms with van der Waals surface area (Å²) >= 11 is 3.37. The maximum atomic E-state index is 11.8. The van der Waals surface area contributed by atoms with Crippen molar-refractivity contribution in [2.24, 2.45) is 5.41 Å². The SMILES string of the molecule is CC(C)(CCCO)CNC(=O)CCOc1cccc(Br)c1. The number of carbonyl (C=O) groups excluding carboxylic acids is 1. The molecule has 21 heavy (non-hydrogen) atoms. The lowest BCUT2D eigenvalue weighted by Gasteiger charge is -2.24. The Kier molecular flexibility index (Phi) is 7.75. The van der Waals surface area contributed by atoms with Crippen LogP contribution in [0.4, 0.5) is 0 Å². The van der Waals surface area contributed by atoms with Gasteiger partial charge in [-0.1, -0.05) is 35.8 Å². The van der Waals surface area contributed by atoms with Crippen molar-refractivity contribution in [3.8, 4) is 5.75 Å². The quantitative estimate of drug-likeness (QED) is 0.713. The van der Waals surface area contributed by atoms with E-state index in [4.69, 9.17) is 9.84 Å². The standard InChI is InChI=1S/C16H24BrNO3/c1-16(2,8-4-9-19)12-18-15(20)7-10-21-14-6-3-5-13(17)11-14/h3,5-6,11,19H,4,7-10,12H2,1-2H3,(H,18,20). The van der Waals surface area contributed by atoms with E-state index in [1.165, 1.54) is 0 Å². The molecule has 0 heterocycles. The lowest BCUT2D eigenvalue weighted by atomic mass is 9.88. The van der Waals surface area contributed by atoms with Crippen molar-refractivity contribution in [2.45, 2.75) is 33.1 Å². The second-order valence-electron chi connectivity index (χ2n) is 5.82. The van der Waals surface area contributed by atoms with Crippen molar-refractivity contribution in [3.05, 3.63) is 28.7 Å². The first kappa shape index (κ1) is 18.0. The minimum absolute atomic E-state index is 0.00351. The number of halogens is 1. The molecular formula is C16H24BrNO3. The Morgan fingerprint density at radius 2 is 2.19 bits per heavy atom. The second-order valence-corrected chi connectivity index (χ2v) is 6.74. The van der Waals surface area contributed by atoms with Gasteiger partial charge in [-0.25, -0.2) is 0 Å². The molecule has 0 radical (unpaired) electrons. The first-order valence-corrected chi connectivity index (χ1v) is 7.98. The second kappa shape index (κ2) is 9.05. The number of nitrogens with one attached hydrogen (secondary N) is 1. The zero-order valence-corrected chi connectivity index (χ0v) is 14.3. The predicted molar refractivity (Wildman–Crippen MR) is 87.4 cm³/mol. The van der Waals surface area contributed by atoms with Crippen LogP contribution < -0.4 is 10.1 Å². The summed E-state index contributed by atoms with van der Waals surface area (Å²) < 4.78 is 6.48. The Balaban J connectivity index is 2.22. The van der Waals surface area contributed by atoms with E-state index in [0.29, 0.717) is 19.6 Å². The van der Waals surface area contributed by atoms with E-state index < -0.39 is 0 Å². The Labute approximate surface area is 135 Å². The zero-order valence-electron chi connectivity index (χ0n) is 12.7. The molecule has 0 saturated carbocycles. The highest BCUT2D eigenvalue weighted by atomic mass is 79.9. The van der Waals surface area contributed by atoms with Crippen LogP contribution in [0.1, 0.15) is 33.1 Å². The maximum Gasteiger partial charge on any atom is 0.223 e.